The highest BCUT2D eigenvalue weighted by Crippen LogP contribution is 2.36. The van der Waals surface area contributed by atoms with Crippen LogP contribution in [0, 0.1) is 34.8 Å². The summed E-state index contributed by atoms with van der Waals surface area (Å²) in [5.41, 5.74) is 0. The minimum atomic E-state index is -4.05. The number of benzene rings is 1. The maximum absolute atomic E-state index is 13.7. The molecule has 3 nitrogen and oxygen atoms in total. The first-order chi connectivity index (χ1) is 9.36. The second-order valence-electron chi connectivity index (χ2n) is 5.31. The summed E-state index contributed by atoms with van der Waals surface area (Å²) in [6.07, 6.45) is 1.55. The molecule has 0 aromatic heterocycles. The molecule has 1 aromatic rings. The van der Waals surface area contributed by atoms with Gasteiger partial charge in [-0.2, -0.15) is 5.26 Å². The van der Waals surface area contributed by atoms with Gasteiger partial charge in [0.1, 0.15) is 16.5 Å². The minimum absolute atomic E-state index is 0.149. The average molecular weight is 299 g/mol. The molecule has 0 heterocycles. The fourth-order valence-electron chi connectivity index (χ4n) is 2.68. The summed E-state index contributed by atoms with van der Waals surface area (Å²) in [7, 11) is -4.05. The first kappa shape index (κ1) is 14.9. The summed E-state index contributed by atoms with van der Waals surface area (Å²) < 4.78 is 52.0. The maximum Gasteiger partial charge on any atom is 0.185 e. The van der Waals surface area contributed by atoms with Gasteiger partial charge in [0, 0.05) is 0 Å². The second kappa shape index (κ2) is 5.49. The molecule has 0 N–H and O–H groups in total. The second-order valence-corrected chi connectivity index (χ2v) is 7.45. The molecule has 1 aliphatic carbocycles. The fourth-order valence-corrected chi connectivity index (χ4v) is 4.83. The zero-order chi connectivity index (χ0) is 14.9. The van der Waals surface area contributed by atoms with Gasteiger partial charge in [-0.1, -0.05) is 6.92 Å². The van der Waals surface area contributed by atoms with Crippen molar-refractivity contribution < 1.29 is 17.2 Å². The highest BCUT2D eigenvalue weighted by atomic mass is 32.2. The summed E-state index contributed by atoms with van der Waals surface area (Å²) in [6.45, 7) is 1.90. The predicted octanol–water partition coefficient (Wildman–Crippen LogP) is 3.07. The normalized spacial score (nSPS) is 27.0. The van der Waals surface area contributed by atoms with Crippen LogP contribution in [0.1, 0.15) is 26.2 Å². The molecule has 6 heteroatoms. The van der Waals surface area contributed by atoms with Crippen LogP contribution < -0.4 is 0 Å². The molecular formula is C14H15F2NO2S. The van der Waals surface area contributed by atoms with Crippen LogP contribution >= 0.6 is 0 Å². The molecular weight excluding hydrogens is 284 g/mol. The van der Waals surface area contributed by atoms with E-state index >= 15 is 0 Å². The Morgan fingerprint density at radius 2 is 2.00 bits per heavy atom. The van der Waals surface area contributed by atoms with Gasteiger partial charge in [-0.05, 0) is 43.4 Å². The van der Waals surface area contributed by atoms with E-state index in [9.17, 15) is 17.2 Å². The molecule has 1 aromatic carbocycles. The summed E-state index contributed by atoms with van der Waals surface area (Å²) >= 11 is 0. The highest BCUT2D eigenvalue weighted by Gasteiger charge is 2.40. The number of hydrogen-bond acceptors (Lipinski definition) is 3. The summed E-state index contributed by atoms with van der Waals surface area (Å²) in [6, 6.07) is 4.36. The van der Waals surface area contributed by atoms with Crippen LogP contribution in [0.2, 0.25) is 0 Å². The molecule has 0 radical (unpaired) electrons. The molecule has 1 saturated carbocycles. The topological polar surface area (TPSA) is 57.9 Å². The lowest BCUT2D eigenvalue weighted by molar-refractivity contribution is 0.334. The molecule has 2 rings (SSSR count). The van der Waals surface area contributed by atoms with Gasteiger partial charge < -0.3 is 0 Å². The number of halogens is 2. The molecule has 3 atom stereocenters. The molecule has 0 saturated heterocycles. The van der Waals surface area contributed by atoms with E-state index in [0.29, 0.717) is 18.9 Å². The van der Waals surface area contributed by atoms with Crippen molar-refractivity contribution in [3.05, 3.63) is 29.8 Å². The molecule has 1 fully saturated rings. The standard InChI is InChI=1S/C14H15F2NO2S/c1-9-2-3-10(8-17)13(6-9)20(18,19)14-7-11(15)4-5-12(14)16/h4-5,7,9-10,13H,2-3,6H2,1H3. The van der Waals surface area contributed by atoms with Gasteiger partial charge >= 0.3 is 0 Å². The lowest BCUT2D eigenvalue weighted by Crippen LogP contribution is -2.35. The largest absolute Gasteiger partial charge is 0.223 e. The zero-order valence-electron chi connectivity index (χ0n) is 11.0. The zero-order valence-corrected chi connectivity index (χ0v) is 11.8. The van der Waals surface area contributed by atoms with Gasteiger partial charge in [0.15, 0.2) is 9.84 Å². The van der Waals surface area contributed by atoms with Crippen LogP contribution in [0.4, 0.5) is 8.78 Å². The Labute approximate surface area is 117 Å². The number of nitriles is 1. The van der Waals surface area contributed by atoms with Gasteiger partial charge in [-0.3, -0.25) is 0 Å². The molecule has 3 unspecified atom stereocenters. The van der Waals surface area contributed by atoms with E-state index in [-0.39, 0.29) is 5.92 Å². The van der Waals surface area contributed by atoms with Crippen molar-refractivity contribution in [3.8, 4) is 6.07 Å². The maximum atomic E-state index is 13.7. The lowest BCUT2D eigenvalue weighted by atomic mass is 9.83. The Morgan fingerprint density at radius 3 is 2.65 bits per heavy atom. The number of hydrogen-bond donors (Lipinski definition) is 0. The smallest absolute Gasteiger partial charge is 0.185 e. The molecule has 0 bridgehead atoms. The van der Waals surface area contributed by atoms with Gasteiger partial charge in [0.25, 0.3) is 0 Å². The van der Waals surface area contributed by atoms with Crippen molar-refractivity contribution in [2.45, 2.75) is 36.3 Å². The summed E-state index contributed by atoms with van der Waals surface area (Å²) in [5.74, 6) is -2.29. The van der Waals surface area contributed by atoms with E-state index in [2.05, 4.69) is 0 Å². The van der Waals surface area contributed by atoms with Crippen LogP contribution in [-0.2, 0) is 9.84 Å². The van der Waals surface area contributed by atoms with Crippen molar-refractivity contribution in [3.63, 3.8) is 0 Å². The Balaban J connectivity index is 2.48. The van der Waals surface area contributed by atoms with Crippen LogP contribution in [0.3, 0.4) is 0 Å². The Hall–Kier alpha value is -1.48. The third-order valence-corrected chi connectivity index (χ3v) is 6.06. The van der Waals surface area contributed by atoms with Crippen molar-refractivity contribution in [1.29, 1.82) is 5.26 Å². The Morgan fingerprint density at radius 1 is 1.30 bits per heavy atom. The van der Waals surface area contributed by atoms with Crippen LogP contribution in [0.5, 0.6) is 0 Å². The van der Waals surface area contributed by atoms with Gasteiger partial charge in [-0.25, -0.2) is 17.2 Å². The van der Waals surface area contributed by atoms with Gasteiger partial charge in [0.2, 0.25) is 0 Å². The lowest BCUT2D eigenvalue weighted by Gasteiger charge is -2.30. The molecule has 1 aliphatic rings. The van der Waals surface area contributed by atoms with Crippen molar-refractivity contribution in [2.24, 2.45) is 11.8 Å². The van der Waals surface area contributed by atoms with Crippen molar-refractivity contribution in [1.82, 2.24) is 0 Å². The van der Waals surface area contributed by atoms with E-state index < -0.39 is 37.5 Å². The minimum Gasteiger partial charge on any atom is -0.223 e. The predicted molar refractivity (Wildman–Crippen MR) is 69.4 cm³/mol. The quantitative estimate of drug-likeness (QED) is 0.843. The van der Waals surface area contributed by atoms with E-state index in [1.807, 2.05) is 13.0 Å². The fraction of sp³-hybridized carbons (Fsp3) is 0.500. The highest BCUT2D eigenvalue weighted by molar-refractivity contribution is 7.92. The molecule has 0 amide bonds. The molecule has 20 heavy (non-hydrogen) atoms. The third kappa shape index (κ3) is 2.68. The van der Waals surface area contributed by atoms with Crippen LogP contribution in [-0.4, -0.2) is 13.7 Å². The molecule has 0 aliphatic heterocycles. The van der Waals surface area contributed by atoms with Crippen molar-refractivity contribution in [2.75, 3.05) is 0 Å². The Bertz CT molecular complexity index is 652. The van der Waals surface area contributed by atoms with E-state index in [4.69, 9.17) is 5.26 Å². The third-order valence-electron chi connectivity index (χ3n) is 3.82. The molecule has 0 spiro atoms. The van der Waals surface area contributed by atoms with Crippen molar-refractivity contribution >= 4 is 9.84 Å². The SMILES string of the molecule is CC1CCC(C#N)C(S(=O)(=O)c2cc(F)ccc2F)C1. The summed E-state index contributed by atoms with van der Waals surface area (Å²) in [4.78, 5) is -0.642. The number of sulfone groups is 1. The monoisotopic (exact) mass is 299 g/mol. The van der Waals surface area contributed by atoms with E-state index in [1.165, 1.54) is 0 Å². The first-order valence-corrected chi connectivity index (χ1v) is 7.99. The number of nitrogens with zero attached hydrogens (tertiary/aromatic N) is 1. The van der Waals surface area contributed by atoms with Gasteiger partial charge in [-0.15, -0.1) is 0 Å². The first-order valence-electron chi connectivity index (χ1n) is 6.45. The number of rotatable bonds is 2. The summed E-state index contributed by atoms with van der Waals surface area (Å²) in [5, 5.41) is 8.13. The van der Waals surface area contributed by atoms with E-state index in [1.54, 1.807) is 0 Å². The molecule has 108 valence electrons. The van der Waals surface area contributed by atoms with E-state index in [0.717, 1.165) is 18.6 Å². The van der Waals surface area contributed by atoms with Crippen LogP contribution in [0.25, 0.3) is 0 Å². The average Bonchev–Trinajstić information content (AvgIpc) is 2.41. The van der Waals surface area contributed by atoms with Gasteiger partial charge in [0.05, 0.1) is 17.2 Å². The Kier molecular flexibility index (Phi) is 4.09. The van der Waals surface area contributed by atoms with Crippen LogP contribution in [0.15, 0.2) is 23.1 Å².